The number of amides is 1. The summed E-state index contributed by atoms with van der Waals surface area (Å²) in [7, 11) is 0. The Balaban J connectivity index is 2.39. The van der Waals surface area contributed by atoms with E-state index in [0.717, 1.165) is 12.0 Å². The van der Waals surface area contributed by atoms with Gasteiger partial charge in [0.15, 0.2) is 5.76 Å². The Morgan fingerprint density at radius 3 is 2.61 bits per heavy atom. The number of hydrogen-bond donors (Lipinski definition) is 2. The maximum atomic E-state index is 11.6. The standard InChI is InChI=1S/C12H17NO4S/c1-12(2,3)18-5-4-13-10(14)9-6-8(7-17-9)11(15)16/h6-7H,4-5H2,1-3H3,(H,13,14)(H,15,16). The number of carboxylic acids is 1. The number of carboxylic acid groups (broad SMARTS) is 1. The first-order valence-electron chi connectivity index (χ1n) is 5.53. The SMILES string of the molecule is CC(C)(C)SCCNC(=O)c1cc(C(=O)O)co1. The van der Waals surface area contributed by atoms with Gasteiger partial charge in [-0.25, -0.2) is 4.79 Å². The molecule has 0 aliphatic rings. The Kier molecular flexibility index (Phi) is 4.84. The van der Waals surface area contributed by atoms with Crippen molar-refractivity contribution in [3.05, 3.63) is 23.7 Å². The minimum absolute atomic E-state index is 0.0214. The number of carbonyl (C=O) groups excluding carboxylic acids is 1. The van der Waals surface area contributed by atoms with Gasteiger partial charge in [-0.15, -0.1) is 0 Å². The van der Waals surface area contributed by atoms with Crippen LogP contribution >= 0.6 is 11.8 Å². The third-order valence-electron chi connectivity index (χ3n) is 1.99. The highest BCUT2D eigenvalue weighted by Crippen LogP contribution is 2.22. The number of nitrogens with one attached hydrogen (secondary N) is 1. The van der Waals surface area contributed by atoms with Gasteiger partial charge in [0.1, 0.15) is 6.26 Å². The van der Waals surface area contributed by atoms with Crippen LogP contribution in [0.4, 0.5) is 0 Å². The third-order valence-corrected chi connectivity index (χ3v) is 3.27. The quantitative estimate of drug-likeness (QED) is 0.803. The number of carbonyl (C=O) groups is 2. The zero-order valence-electron chi connectivity index (χ0n) is 10.6. The van der Waals surface area contributed by atoms with Crippen LogP contribution in [0.1, 0.15) is 41.7 Å². The lowest BCUT2D eigenvalue weighted by Gasteiger charge is -2.17. The van der Waals surface area contributed by atoms with E-state index in [1.54, 1.807) is 11.8 Å². The van der Waals surface area contributed by atoms with E-state index in [-0.39, 0.29) is 16.1 Å². The van der Waals surface area contributed by atoms with Gasteiger partial charge in [0, 0.05) is 23.1 Å². The van der Waals surface area contributed by atoms with Gasteiger partial charge in [-0.1, -0.05) is 20.8 Å². The van der Waals surface area contributed by atoms with Crippen molar-refractivity contribution in [2.45, 2.75) is 25.5 Å². The molecular formula is C12H17NO4S. The fourth-order valence-corrected chi connectivity index (χ4v) is 1.99. The second-order valence-electron chi connectivity index (χ2n) is 4.72. The predicted molar refractivity (Wildman–Crippen MR) is 70.2 cm³/mol. The van der Waals surface area contributed by atoms with E-state index in [1.807, 2.05) is 0 Å². The van der Waals surface area contributed by atoms with Gasteiger partial charge in [-0.3, -0.25) is 4.79 Å². The molecule has 0 unspecified atom stereocenters. The van der Waals surface area contributed by atoms with Gasteiger partial charge in [0.05, 0.1) is 5.56 Å². The van der Waals surface area contributed by atoms with Crippen LogP contribution in [0.3, 0.4) is 0 Å². The Hall–Kier alpha value is -1.43. The first kappa shape index (κ1) is 14.6. The summed E-state index contributed by atoms with van der Waals surface area (Å²) in [6.07, 6.45) is 1.06. The second-order valence-corrected chi connectivity index (χ2v) is 6.64. The molecule has 0 atom stereocenters. The lowest BCUT2D eigenvalue weighted by Crippen LogP contribution is -2.26. The number of thioether (sulfide) groups is 1. The highest BCUT2D eigenvalue weighted by molar-refractivity contribution is 8.00. The molecular weight excluding hydrogens is 254 g/mol. The Morgan fingerprint density at radius 1 is 1.44 bits per heavy atom. The summed E-state index contributed by atoms with van der Waals surface area (Å²) in [6.45, 7) is 6.82. The maximum Gasteiger partial charge on any atom is 0.338 e. The minimum atomic E-state index is -1.11. The Labute approximate surface area is 110 Å². The normalized spacial score (nSPS) is 11.3. The van der Waals surface area contributed by atoms with Gasteiger partial charge in [-0.05, 0) is 0 Å². The van der Waals surface area contributed by atoms with Crippen molar-refractivity contribution in [2.75, 3.05) is 12.3 Å². The van der Waals surface area contributed by atoms with Crippen LogP contribution in [0.2, 0.25) is 0 Å². The number of hydrogen-bond acceptors (Lipinski definition) is 4. The fraction of sp³-hybridized carbons (Fsp3) is 0.500. The van der Waals surface area contributed by atoms with E-state index in [2.05, 4.69) is 26.1 Å². The van der Waals surface area contributed by atoms with E-state index in [0.29, 0.717) is 6.54 Å². The summed E-state index contributed by atoms with van der Waals surface area (Å²) in [6, 6.07) is 1.22. The molecule has 1 aromatic rings. The molecule has 0 saturated heterocycles. The predicted octanol–water partition coefficient (Wildman–Crippen LogP) is 2.24. The Bertz CT molecular complexity index is 434. The number of aromatic carboxylic acids is 1. The molecule has 2 N–H and O–H groups in total. The average molecular weight is 271 g/mol. The molecule has 0 radical (unpaired) electrons. The van der Waals surface area contributed by atoms with Gasteiger partial charge in [0.2, 0.25) is 0 Å². The van der Waals surface area contributed by atoms with Crippen LogP contribution < -0.4 is 5.32 Å². The van der Waals surface area contributed by atoms with Crippen molar-refractivity contribution >= 4 is 23.6 Å². The van der Waals surface area contributed by atoms with Gasteiger partial charge in [0.25, 0.3) is 5.91 Å². The molecule has 0 spiro atoms. The lowest BCUT2D eigenvalue weighted by atomic mass is 10.3. The molecule has 6 heteroatoms. The summed E-state index contributed by atoms with van der Waals surface area (Å²) < 4.78 is 5.04. The van der Waals surface area contributed by atoms with Crippen molar-refractivity contribution < 1.29 is 19.1 Å². The summed E-state index contributed by atoms with van der Waals surface area (Å²) in [4.78, 5) is 22.2. The van der Waals surface area contributed by atoms with Crippen molar-refractivity contribution in [1.29, 1.82) is 0 Å². The van der Waals surface area contributed by atoms with Crippen LogP contribution in [0, 0.1) is 0 Å². The van der Waals surface area contributed by atoms with Gasteiger partial charge in [-0.2, -0.15) is 11.8 Å². The third kappa shape index (κ3) is 4.83. The first-order valence-corrected chi connectivity index (χ1v) is 6.52. The molecule has 0 fully saturated rings. The highest BCUT2D eigenvalue weighted by atomic mass is 32.2. The second kappa shape index (κ2) is 5.95. The van der Waals surface area contributed by atoms with Crippen LogP contribution in [0.5, 0.6) is 0 Å². The molecule has 1 rings (SSSR count). The fourth-order valence-electron chi connectivity index (χ4n) is 1.18. The van der Waals surface area contributed by atoms with Crippen LogP contribution in [-0.4, -0.2) is 34.0 Å². The van der Waals surface area contributed by atoms with Crippen LogP contribution in [0.15, 0.2) is 16.7 Å². The molecule has 0 aliphatic carbocycles. The van der Waals surface area contributed by atoms with E-state index in [1.165, 1.54) is 6.07 Å². The van der Waals surface area contributed by atoms with E-state index >= 15 is 0 Å². The smallest absolute Gasteiger partial charge is 0.338 e. The molecule has 0 bridgehead atoms. The van der Waals surface area contributed by atoms with Crippen molar-refractivity contribution in [3.63, 3.8) is 0 Å². The summed E-state index contributed by atoms with van der Waals surface area (Å²) in [5.41, 5.74) is -0.0239. The molecule has 1 aromatic heterocycles. The lowest BCUT2D eigenvalue weighted by molar-refractivity contribution is 0.0696. The summed E-state index contributed by atoms with van der Waals surface area (Å²) in [5, 5.41) is 11.4. The summed E-state index contributed by atoms with van der Waals surface area (Å²) >= 11 is 1.74. The van der Waals surface area contributed by atoms with E-state index < -0.39 is 11.9 Å². The molecule has 100 valence electrons. The van der Waals surface area contributed by atoms with Crippen molar-refractivity contribution in [1.82, 2.24) is 5.32 Å². The van der Waals surface area contributed by atoms with Crippen molar-refractivity contribution in [3.8, 4) is 0 Å². The largest absolute Gasteiger partial charge is 0.478 e. The van der Waals surface area contributed by atoms with E-state index in [4.69, 9.17) is 9.52 Å². The molecule has 0 saturated carbocycles. The molecule has 0 aliphatic heterocycles. The number of furan rings is 1. The van der Waals surface area contributed by atoms with E-state index in [9.17, 15) is 9.59 Å². The highest BCUT2D eigenvalue weighted by Gasteiger charge is 2.15. The summed E-state index contributed by atoms with van der Waals surface area (Å²) in [5.74, 6) is -0.687. The Morgan fingerprint density at radius 2 is 2.11 bits per heavy atom. The zero-order chi connectivity index (χ0) is 13.8. The molecule has 5 nitrogen and oxygen atoms in total. The molecule has 18 heavy (non-hydrogen) atoms. The monoisotopic (exact) mass is 271 g/mol. The topological polar surface area (TPSA) is 79.5 Å². The maximum absolute atomic E-state index is 11.6. The number of rotatable bonds is 5. The van der Waals surface area contributed by atoms with Gasteiger partial charge < -0.3 is 14.8 Å². The first-order chi connectivity index (χ1) is 8.29. The molecule has 1 amide bonds. The van der Waals surface area contributed by atoms with Crippen molar-refractivity contribution in [2.24, 2.45) is 0 Å². The van der Waals surface area contributed by atoms with Crippen LogP contribution in [0.25, 0.3) is 0 Å². The zero-order valence-corrected chi connectivity index (χ0v) is 11.5. The molecule has 0 aromatic carbocycles. The minimum Gasteiger partial charge on any atom is -0.478 e. The van der Waals surface area contributed by atoms with Crippen LogP contribution in [-0.2, 0) is 0 Å². The molecule has 1 heterocycles. The average Bonchev–Trinajstić information content (AvgIpc) is 2.72. The van der Waals surface area contributed by atoms with Gasteiger partial charge >= 0.3 is 5.97 Å².